The van der Waals surface area contributed by atoms with Crippen LogP contribution in [0.5, 0.6) is 5.75 Å². The largest absolute Gasteiger partial charge is 0.508 e. The number of phenols is 1. The lowest BCUT2D eigenvalue weighted by Gasteiger charge is -1.96. The van der Waals surface area contributed by atoms with E-state index < -0.39 is 5.82 Å². The van der Waals surface area contributed by atoms with Crippen LogP contribution in [0.25, 0.3) is 0 Å². The number of hydrogen-bond acceptors (Lipinski definition) is 2. The van der Waals surface area contributed by atoms with Gasteiger partial charge in [0.2, 0.25) is 0 Å². The predicted molar refractivity (Wildman–Crippen MR) is 39.8 cm³/mol. The molecule has 0 radical (unpaired) electrons. The molecule has 0 aromatic heterocycles. The van der Waals surface area contributed by atoms with Gasteiger partial charge in [0.25, 0.3) is 0 Å². The number of phenolic OH excluding ortho intramolecular Hbond substituents is 1. The third-order valence-electron chi connectivity index (χ3n) is 1.09. The quantitative estimate of drug-likeness (QED) is 0.632. The van der Waals surface area contributed by atoms with Gasteiger partial charge in [0.1, 0.15) is 11.6 Å². The highest BCUT2D eigenvalue weighted by atomic mass is 32.2. The molecule has 3 heteroatoms. The second-order valence-corrected chi connectivity index (χ2v) is 2.73. The Balaban J connectivity index is 3.06. The molecule has 1 nitrogen and oxygen atoms in total. The minimum Gasteiger partial charge on any atom is -0.508 e. The summed E-state index contributed by atoms with van der Waals surface area (Å²) in [7, 11) is 0. The van der Waals surface area contributed by atoms with Crippen molar-refractivity contribution >= 4 is 11.8 Å². The van der Waals surface area contributed by atoms with Crippen LogP contribution in [0.4, 0.5) is 4.39 Å². The Hall–Kier alpha value is -0.700. The van der Waals surface area contributed by atoms with Crippen molar-refractivity contribution < 1.29 is 9.50 Å². The van der Waals surface area contributed by atoms with E-state index in [1.807, 2.05) is 6.26 Å². The Bertz CT molecular complexity index is 217. The first-order chi connectivity index (χ1) is 4.72. The molecule has 54 valence electrons. The smallest absolute Gasteiger partial charge is 0.128 e. The number of rotatable bonds is 1. The van der Waals surface area contributed by atoms with Crippen LogP contribution in [0, 0.1) is 5.82 Å². The van der Waals surface area contributed by atoms with Crippen molar-refractivity contribution in [1.29, 1.82) is 0 Å². The summed E-state index contributed by atoms with van der Waals surface area (Å²) in [5.74, 6) is -0.422. The first-order valence-corrected chi connectivity index (χ1v) is 3.98. The van der Waals surface area contributed by atoms with Crippen LogP contribution in [-0.4, -0.2) is 11.4 Å². The molecular weight excluding hydrogens is 151 g/mol. The second-order valence-electron chi connectivity index (χ2n) is 1.85. The average Bonchev–Trinajstić information content (AvgIpc) is 1.85. The van der Waals surface area contributed by atoms with Crippen LogP contribution < -0.4 is 0 Å². The molecule has 0 heterocycles. The van der Waals surface area contributed by atoms with Gasteiger partial charge in [0, 0.05) is 11.0 Å². The van der Waals surface area contributed by atoms with Crippen LogP contribution in [-0.2, 0) is 0 Å². The summed E-state index contributed by atoms with van der Waals surface area (Å²) in [5.41, 5.74) is 0. The summed E-state index contributed by atoms with van der Waals surface area (Å²) >= 11 is 1.40. The van der Waals surface area contributed by atoms with Gasteiger partial charge in [0.15, 0.2) is 0 Å². The van der Waals surface area contributed by atoms with Gasteiger partial charge >= 0.3 is 0 Å². The van der Waals surface area contributed by atoms with E-state index in [9.17, 15) is 4.39 Å². The summed E-state index contributed by atoms with van der Waals surface area (Å²) in [6.07, 6.45) is 1.83. The molecule has 0 saturated heterocycles. The molecule has 1 aromatic carbocycles. The normalized spacial score (nSPS) is 9.80. The minimum atomic E-state index is -0.399. The van der Waals surface area contributed by atoms with Crippen molar-refractivity contribution in [3.05, 3.63) is 24.0 Å². The highest BCUT2D eigenvalue weighted by Gasteiger charge is 1.96. The van der Waals surface area contributed by atoms with E-state index in [0.29, 0.717) is 0 Å². The summed E-state index contributed by atoms with van der Waals surface area (Å²) < 4.78 is 12.4. The highest BCUT2D eigenvalue weighted by Crippen LogP contribution is 2.21. The molecule has 0 aliphatic carbocycles. The van der Waals surface area contributed by atoms with Crippen molar-refractivity contribution in [1.82, 2.24) is 0 Å². The first kappa shape index (κ1) is 7.41. The SMILES string of the molecule is CSc1cc(O)cc(F)c1. The maximum absolute atomic E-state index is 12.4. The molecule has 0 bridgehead atoms. The number of aromatic hydroxyl groups is 1. The maximum atomic E-state index is 12.4. The van der Waals surface area contributed by atoms with Crippen LogP contribution in [0.3, 0.4) is 0 Å². The molecule has 10 heavy (non-hydrogen) atoms. The Morgan fingerprint density at radius 3 is 2.60 bits per heavy atom. The molecule has 0 spiro atoms. The van der Waals surface area contributed by atoms with Crippen LogP contribution in [0.2, 0.25) is 0 Å². The number of hydrogen-bond donors (Lipinski definition) is 1. The zero-order valence-corrected chi connectivity index (χ0v) is 6.28. The van der Waals surface area contributed by atoms with Crippen molar-refractivity contribution in [2.24, 2.45) is 0 Å². The lowest BCUT2D eigenvalue weighted by Crippen LogP contribution is -1.74. The average molecular weight is 158 g/mol. The van der Waals surface area contributed by atoms with Crippen LogP contribution in [0.1, 0.15) is 0 Å². The molecule has 1 N–H and O–H groups in total. The molecule has 0 atom stereocenters. The molecule has 1 rings (SSSR count). The topological polar surface area (TPSA) is 20.2 Å². The van der Waals surface area contributed by atoms with Gasteiger partial charge in [-0.05, 0) is 18.4 Å². The van der Waals surface area contributed by atoms with Crippen LogP contribution >= 0.6 is 11.8 Å². The Labute approximate surface area is 62.9 Å². The molecular formula is C7H7FOS. The molecule has 0 amide bonds. The minimum absolute atomic E-state index is 0.0237. The third kappa shape index (κ3) is 1.64. The van der Waals surface area contributed by atoms with E-state index in [2.05, 4.69) is 0 Å². The van der Waals surface area contributed by atoms with Gasteiger partial charge in [-0.2, -0.15) is 0 Å². The molecule has 0 aliphatic heterocycles. The van der Waals surface area contributed by atoms with Gasteiger partial charge in [-0.15, -0.1) is 11.8 Å². The van der Waals surface area contributed by atoms with E-state index >= 15 is 0 Å². The Kier molecular flexibility index (Phi) is 2.17. The van der Waals surface area contributed by atoms with E-state index in [1.54, 1.807) is 0 Å². The van der Waals surface area contributed by atoms with Gasteiger partial charge < -0.3 is 5.11 Å². The van der Waals surface area contributed by atoms with Crippen LogP contribution in [0.15, 0.2) is 23.1 Å². The number of thioether (sulfide) groups is 1. The maximum Gasteiger partial charge on any atom is 0.128 e. The fourth-order valence-electron chi connectivity index (χ4n) is 0.666. The lowest BCUT2D eigenvalue weighted by atomic mass is 10.3. The van der Waals surface area contributed by atoms with Crippen molar-refractivity contribution in [3.8, 4) is 5.75 Å². The van der Waals surface area contributed by atoms with E-state index in [1.165, 1.54) is 23.9 Å². The standard InChI is InChI=1S/C7H7FOS/c1-10-7-3-5(8)2-6(9)4-7/h2-4,9H,1H3. The van der Waals surface area contributed by atoms with Gasteiger partial charge in [-0.3, -0.25) is 0 Å². The molecule has 0 unspecified atom stereocenters. The molecule has 1 aromatic rings. The molecule has 0 aliphatic rings. The van der Waals surface area contributed by atoms with Gasteiger partial charge in [0.05, 0.1) is 0 Å². The third-order valence-corrected chi connectivity index (χ3v) is 1.80. The van der Waals surface area contributed by atoms with Crippen molar-refractivity contribution in [2.45, 2.75) is 4.90 Å². The second kappa shape index (κ2) is 2.92. The molecule has 0 fully saturated rings. The monoisotopic (exact) mass is 158 g/mol. The zero-order valence-electron chi connectivity index (χ0n) is 5.47. The lowest BCUT2D eigenvalue weighted by molar-refractivity contribution is 0.467. The summed E-state index contributed by atoms with van der Waals surface area (Å²) in [6, 6.07) is 3.98. The fraction of sp³-hybridized carbons (Fsp3) is 0.143. The van der Waals surface area contributed by atoms with Gasteiger partial charge in [-0.1, -0.05) is 0 Å². The number of benzene rings is 1. The summed E-state index contributed by atoms with van der Waals surface area (Å²) in [6.45, 7) is 0. The first-order valence-electron chi connectivity index (χ1n) is 2.76. The van der Waals surface area contributed by atoms with Crippen molar-refractivity contribution in [3.63, 3.8) is 0 Å². The Morgan fingerprint density at radius 1 is 1.40 bits per heavy atom. The number of halogens is 1. The summed E-state index contributed by atoms with van der Waals surface area (Å²) in [4.78, 5) is 0.734. The van der Waals surface area contributed by atoms with E-state index in [0.717, 1.165) is 11.0 Å². The predicted octanol–water partition coefficient (Wildman–Crippen LogP) is 2.25. The van der Waals surface area contributed by atoms with E-state index in [4.69, 9.17) is 5.11 Å². The van der Waals surface area contributed by atoms with E-state index in [-0.39, 0.29) is 5.75 Å². The molecule has 0 saturated carbocycles. The fourth-order valence-corrected chi connectivity index (χ4v) is 1.13. The highest BCUT2D eigenvalue weighted by molar-refractivity contribution is 7.98. The Morgan fingerprint density at radius 2 is 2.10 bits per heavy atom. The zero-order chi connectivity index (χ0) is 7.56. The van der Waals surface area contributed by atoms with Crippen molar-refractivity contribution in [2.75, 3.05) is 6.26 Å². The van der Waals surface area contributed by atoms with Gasteiger partial charge in [-0.25, -0.2) is 4.39 Å². The summed E-state index contributed by atoms with van der Waals surface area (Å²) in [5, 5.41) is 8.87.